The molecule has 1 saturated heterocycles. The molecule has 0 atom stereocenters. The Balaban J connectivity index is 1.80. The van der Waals surface area contributed by atoms with Crippen LogP contribution in [0.3, 0.4) is 0 Å². The van der Waals surface area contributed by atoms with E-state index < -0.39 is 9.84 Å². The van der Waals surface area contributed by atoms with E-state index in [-0.39, 0.29) is 11.5 Å². The number of sulfone groups is 1. The number of nitrogens with zero attached hydrogens (tertiary/aromatic N) is 2. The Kier molecular flexibility index (Phi) is 3.24. The van der Waals surface area contributed by atoms with E-state index in [4.69, 9.17) is 16.1 Å². The molecule has 2 aromatic rings. The average Bonchev–Trinajstić information content (AvgIpc) is 2.75. The molecule has 0 aliphatic carbocycles. The molecule has 0 unspecified atom stereocenters. The third-order valence-electron chi connectivity index (χ3n) is 3.32. The molecule has 0 saturated carbocycles. The number of benzene rings is 1. The van der Waals surface area contributed by atoms with Crippen LogP contribution in [0.4, 0.5) is 0 Å². The zero-order valence-electron chi connectivity index (χ0n) is 10.2. The molecular formula is C12H13ClN2O3S. The van der Waals surface area contributed by atoms with Gasteiger partial charge in [0, 0.05) is 30.0 Å². The van der Waals surface area contributed by atoms with E-state index in [1.54, 1.807) is 12.1 Å². The predicted molar refractivity (Wildman–Crippen MR) is 72.9 cm³/mol. The van der Waals surface area contributed by atoms with Crippen molar-refractivity contribution in [3.63, 3.8) is 0 Å². The van der Waals surface area contributed by atoms with E-state index in [0.29, 0.717) is 30.2 Å². The number of fused-ring (bicyclic) bond motifs is 1. The second-order valence-corrected chi connectivity index (χ2v) is 7.44. The lowest BCUT2D eigenvalue weighted by molar-refractivity contribution is 0.278. The van der Waals surface area contributed by atoms with Gasteiger partial charge in [-0.1, -0.05) is 16.8 Å². The summed E-state index contributed by atoms with van der Waals surface area (Å²) >= 11 is 5.97. The van der Waals surface area contributed by atoms with Gasteiger partial charge in [-0.25, -0.2) is 8.42 Å². The van der Waals surface area contributed by atoms with Gasteiger partial charge in [0.15, 0.2) is 15.4 Å². The van der Waals surface area contributed by atoms with Gasteiger partial charge < -0.3 is 4.52 Å². The van der Waals surface area contributed by atoms with Gasteiger partial charge in [0.25, 0.3) is 0 Å². The first-order valence-electron chi connectivity index (χ1n) is 6.00. The lowest BCUT2D eigenvalue weighted by atomic mass is 10.2. The summed E-state index contributed by atoms with van der Waals surface area (Å²) in [4.78, 5) is 2.07. The van der Waals surface area contributed by atoms with Crippen LogP contribution in [0.25, 0.3) is 11.0 Å². The molecule has 19 heavy (non-hydrogen) atoms. The normalized spacial score (nSPS) is 19.8. The summed E-state index contributed by atoms with van der Waals surface area (Å²) in [7, 11) is -2.85. The molecule has 1 aliphatic rings. The predicted octanol–water partition coefficient (Wildman–Crippen LogP) is 1.71. The van der Waals surface area contributed by atoms with Crippen molar-refractivity contribution in [2.45, 2.75) is 6.54 Å². The van der Waals surface area contributed by atoms with Gasteiger partial charge in [-0.3, -0.25) is 4.90 Å². The van der Waals surface area contributed by atoms with Gasteiger partial charge in [-0.05, 0) is 18.2 Å². The lowest BCUT2D eigenvalue weighted by Gasteiger charge is -2.25. The minimum atomic E-state index is -2.85. The van der Waals surface area contributed by atoms with Crippen LogP contribution >= 0.6 is 11.6 Å². The Hall–Kier alpha value is -1.11. The van der Waals surface area contributed by atoms with Crippen molar-refractivity contribution in [1.82, 2.24) is 10.1 Å². The molecule has 0 spiro atoms. The molecule has 3 rings (SSSR count). The lowest BCUT2D eigenvalue weighted by Crippen LogP contribution is -2.39. The van der Waals surface area contributed by atoms with Crippen LogP contribution in [-0.2, 0) is 16.4 Å². The van der Waals surface area contributed by atoms with E-state index in [0.717, 1.165) is 11.1 Å². The smallest absolute Gasteiger partial charge is 0.167 e. The second kappa shape index (κ2) is 4.77. The van der Waals surface area contributed by atoms with Crippen molar-refractivity contribution in [2.75, 3.05) is 24.6 Å². The highest BCUT2D eigenvalue weighted by Crippen LogP contribution is 2.23. The fourth-order valence-corrected chi connectivity index (χ4v) is 3.64. The van der Waals surface area contributed by atoms with Gasteiger partial charge in [-0.15, -0.1) is 0 Å². The van der Waals surface area contributed by atoms with E-state index >= 15 is 0 Å². The van der Waals surface area contributed by atoms with Crippen molar-refractivity contribution < 1.29 is 12.9 Å². The SMILES string of the molecule is O=S1(=O)CCN(Cc2noc3ccc(Cl)cc23)CC1. The first kappa shape index (κ1) is 12.9. The zero-order valence-corrected chi connectivity index (χ0v) is 11.7. The van der Waals surface area contributed by atoms with Crippen molar-refractivity contribution in [1.29, 1.82) is 0 Å². The molecule has 7 heteroatoms. The highest BCUT2D eigenvalue weighted by atomic mass is 35.5. The van der Waals surface area contributed by atoms with Crippen LogP contribution in [0.5, 0.6) is 0 Å². The minimum Gasteiger partial charge on any atom is -0.356 e. The molecule has 1 aromatic carbocycles. The maximum atomic E-state index is 11.4. The number of halogens is 1. The third-order valence-corrected chi connectivity index (χ3v) is 5.16. The number of aromatic nitrogens is 1. The highest BCUT2D eigenvalue weighted by Gasteiger charge is 2.23. The molecular weight excluding hydrogens is 288 g/mol. The fourth-order valence-electron chi connectivity index (χ4n) is 2.19. The topological polar surface area (TPSA) is 63.4 Å². The maximum Gasteiger partial charge on any atom is 0.167 e. The molecule has 102 valence electrons. The third kappa shape index (κ3) is 2.75. The van der Waals surface area contributed by atoms with Gasteiger partial charge in [0.2, 0.25) is 0 Å². The van der Waals surface area contributed by atoms with E-state index in [1.807, 2.05) is 6.07 Å². The van der Waals surface area contributed by atoms with Crippen LogP contribution in [0, 0.1) is 0 Å². The molecule has 2 heterocycles. The van der Waals surface area contributed by atoms with E-state index in [9.17, 15) is 8.42 Å². The Morgan fingerprint density at radius 3 is 2.79 bits per heavy atom. The first-order chi connectivity index (χ1) is 9.03. The summed E-state index contributed by atoms with van der Waals surface area (Å²) in [6, 6.07) is 5.37. The molecule has 0 N–H and O–H groups in total. The molecule has 0 radical (unpaired) electrons. The number of hydrogen-bond donors (Lipinski definition) is 0. The molecule has 0 bridgehead atoms. The minimum absolute atomic E-state index is 0.212. The van der Waals surface area contributed by atoms with E-state index in [1.165, 1.54) is 0 Å². The standard InChI is InChI=1S/C12H13ClN2O3S/c13-9-1-2-12-10(7-9)11(14-18-12)8-15-3-5-19(16,17)6-4-15/h1-2,7H,3-6,8H2. The largest absolute Gasteiger partial charge is 0.356 e. The van der Waals surface area contributed by atoms with E-state index in [2.05, 4.69) is 10.1 Å². The molecule has 1 fully saturated rings. The number of hydrogen-bond acceptors (Lipinski definition) is 5. The summed E-state index contributed by atoms with van der Waals surface area (Å²) in [5.41, 5.74) is 1.50. The van der Waals surface area contributed by atoms with Crippen LogP contribution in [0.1, 0.15) is 5.69 Å². The average molecular weight is 301 g/mol. The van der Waals surface area contributed by atoms with Gasteiger partial charge >= 0.3 is 0 Å². The Bertz CT molecular complexity index is 697. The quantitative estimate of drug-likeness (QED) is 0.845. The van der Waals surface area contributed by atoms with Crippen LogP contribution in [0.15, 0.2) is 22.7 Å². The summed E-state index contributed by atoms with van der Waals surface area (Å²) in [6.07, 6.45) is 0. The highest BCUT2D eigenvalue weighted by molar-refractivity contribution is 7.91. The molecule has 5 nitrogen and oxygen atoms in total. The van der Waals surface area contributed by atoms with Gasteiger partial charge in [0.05, 0.1) is 11.5 Å². The molecule has 1 aromatic heterocycles. The molecule has 0 amide bonds. The monoisotopic (exact) mass is 300 g/mol. The summed E-state index contributed by atoms with van der Waals surface area (Å²) in [6.45, 7) is 1.66. The Morgan fingerprint density at radius 1 is 1.32 bits per heavy atom. The Labute approximate surface area is 116 Å². The first-order valence-corrected chi connectivity index (χ1v) is 8.20. The number of rotatable bonds is 2. The summed E-state index contributed by atoms with van der Waals surface area (Å²) in [5.74, 6) is 0.424. The Morgan fingerprint density at radius 2 is 2.05 bits per heavy atom. The van der Waals surface area contributed by atoms with Crippen molar-refractivity contribution >= 4 is 32.4 Å². The fraction of sp³-hybridized carbons (Fsp3) is 0.417. The van der Waals surface area contributed by atoms with Crippen molar-refractivity contribution in [2.24, 2.45) is 0 Å². The van der Waals surface area contributed by atoms with Gasteiger partial charge in [0.1, 0.15) is 5.69 Å². The van der Waals surface area contributed by atoms with Crippen LogP contribution in [0.2, 0.25) is 5.02 Å². The van der Waals surface area contributed by atoms with Crippen LogP contribution in [-0.4, -0.2) is 43.1 Å². The van der Waals surface area contributed by atoms with Crippen molar-refractivity contribution in [3.8, 4) is 0 Å². The van der Waals surface area contributed by atoms with Crippen LogP contribution < -0.4 is 0 Å². The van der Waals surface area contributed by atoms with Crippen molar-refractivity contribution in [3.05, 3.63) is 28.9 Å². The molecule has 1 aliphatic heterocycles. The summed E-state index contributed by atoms with van der Waals surface area (Å²) < 4.78 is 28.0. The maximum absolute atomic E-state index is 11.4. The summed E-state index contributed by atoms with van der Waals surface area (Å²) in [5, 5.41) is 5.57. The second-order valence-electron chi connectivity index (χ2n) is 4.70. The zero-order chi connectivity index (χ0) is 13.5. The van der Waals surface area contributed by atoms with Gasteiger partial charge in [-0.2, -0.15) is 0 Å².